The minimum Gasteiger partial charge on any atom is -0.374 e. The minimum atomic E-state index is 0.424. The van der Waals surface area contributed by atoms with Gasteiger partial charge in [-0.15, -0.1) is 0 Å². The van der Waals surface area contributed by atoms with Gasteiger partial charge < -0.3 is 15.0 Å². The van der Waals surface area contributed by atoms with Crippen LogP contribution in [0.3, 0.4) is 0 Å². The third kappa shape index (κ3) is 3.22. The maximum atomic E-state index is 6.01. The SMILES string of the molecule is CCNCc1cnc(C)cc1N1CCOC2CCCCC21. The zero-order valence-corrected chi connectivity index (χ0v) is 13.3. The Morgan fingerprint density at radius 1 is 1.38 bits per heavy atom. The molecule has 0 spiro atoms. The van der Waals surface area contributed by atoms with Crippen molar-refractivity contribution in [3.63, 3.8) is 0 Å². The van der Waals surface area contributed by atoms with Gasteiger partial charge in [0, 0.05) is 36.2 Å². The summed E-state index contributed by atoms with van der Waals surface area (Å²) in [5.74, 6) is 0. The molecule has 0 radical (unpaired) electrons. The summed E-state index contributed by atoms with van der Waals surface area (Å²) in [6.45, 7) is 7.97. The lowest BCUT2D eigenvalue weighted by Gasteiger charge is -2.45. The lowest BCUT2D eigenvalue weighted by Crippen LogP contribution is -2.53. The van der Waals surface area contributed by atoms with Gasteiger partial charge in [0.15, 0.2) is 0 Å². The second-order valence-electron chi connectivity index (χ2n) is 6.19. The molecule has 116 valence electrons. The van der Waals surface area contributed by atoms with E-state index in [1.165, 1.54) is 36.9 Å². The highest BCUT2D eigenvalue weighted by molar-refractivity contribution is 5.55. The maximum Gasteiger partial charge on any atom is 0.0779 e. The van der Waals surface area contributed by atoms with Crippen molar-refractivity contribution >= 4 is 5.69 Å². The average Bonchev–Trinajstić information content (AvgIpc) is 2.53. The van der Waals surface area contributed by atoms with E-state index in [1.807, 2.05) is 6.20 Å². The number of nitrogens with zero attached hydrogens (tertiary/aromatic N) is 2. The van der Waals surface area contributed by atoms with Gasteiger partial charge in [-0.05, 0) is 32.4 Å². The molecular formula is C17H27N3O. The molecule has 1 aliphatic heterocycles. The Hall–Kier alpha value is -1.13. The second-order valence-corrected chi connectivity index (χ2v) is 6.19. The number of hydrogen-bond donors (Lipinski definition) is 1. The molecule has 0 bridgehead atoms. The van der Waals surface area contributed by atoms with Gasteiger partial charge in [0.1, 0.15) is 0 Å². The fourth-order valence-corrected chi connectivity index (χ4v) is 3.63. The molecule has 0 amide bonds. The first kappa shape index (κ1) is 14.8. The van der Waals surface area contributed by atoms with Crippen LogP contribution in [0.1, 0.15) is 43.9 Å². The monoisotopic (exact) mass is 289 g/mol. The van der Waals surface area contributed by atoms with E-state index in [2.05, 4.69) is 35.1 Å². The van der Waals surface area contributed by atoms with Crippen LogP contribution in [0.4, 0.5) is 5.69 Å². The first-order valence-electron chi connectivity index (χ1n) is 8.34. The molecule has 4 heteroatoms. The van der Waals surface area contributed by atoms with Crippen molar-refractivity contribution in [1.82, 2.24) is 10.3 Å². The van der Waals surface area contributed by atoms with Gasteiger partial charge in [0.25, 0.3) is 0 Å². The van der Waals surface area contributed by atoms with Crippen LogP contribution in [-0.4, -0.2) is 36.8 Å². The van der Waals surface area contributed by atoms with Gasteiger partial charge in [0.2, 0.25) is 0 Å². The van der Waals surface area contributed by atoms with Gasteiger partial charge >= 0.3 is 0 Å². The van der Waals surface area contributed by atoms with Gasteiger partial charge in [-0.25, -0.2) is 0 Å². The highest BCUT2D eigenvalue weighted by Gasteiger charge is 2.35. The van der Waals surface area contributed by atoms with Crippen LogP contribution in [0, 0.1) is 6.92 Å². The van der Waals surface area contributed by atoms with Crippen LogP contribution >= 0.6 is 0 Å². The van der Waals surface area contributed by atoms with Gasteiger partial charge in [-0.2, -0.15) is 0 Å². The summed E-state index contributed by atoms with van der Waals surface area (Å²) in [7, 11) is 0. The molecule has 1 N–H and O–H groups in total. The molecule has 4 nitrogen and oxygen atoms in total. The third-order valence-corrected chi connectivity index (χ3v) is 4.71. The number of nitrogens with one attached hydrogen (secondary N) is 1. The topological polar surface area (TPSA) is 37.4 Å². The summed E-state index contributed by atoms with van der Waals surface area (Å²) in [6, 6.07) is 2.80. The molecule has 2 atom stereocenters. The van der Waals surface area contributed by atoms with Crippen LogP contribution < -0.4 is 10.2 Å². The summed E-state index contributed by atoms with van der Waals surface area (Å²) >= 11 is 0. The minimum absolute atomic E-state index is 0.424. The molecule has 2 heterocycles. The number of anilines is 1. The third-order valence-electron chi connectivity index (χ3n) is 4.71. The Bertz CT molecular complexity index is 475. The Labute approximate surface area is 127 Å². The van der Waals surface area contributed by atoms with Crippen molar-refractivity contribution in [3.8, 4) is 0 Å². The van der Waals surface area contributed by atoms with Crippen LogP contribution in [0.2, 0.25) is 0 Å². The van der Waals surface area contributed by atoms with E-state index in [9.17, 15) is 0 Å². The van der Waals surface area contributed by atoms with E-state index in [-0.39, 0.29) is 0 Å². The lowest BCUT2D eigenvalue weighted by atomic mass is 9.89. The fourth-order valence-electron chi connectivity index (χ4n) is 3.63. The predicted octanol–water partition coefficient (Wildman–Crippen LogP) is 2.65. The van der Waals surface area contributed by atoms with E-state index < -0.39 is 0 Å². The molecule has 0 aromatic carbocycles. The molecule has 1 aromatic heterocycles. The van der Waals surface area contributed by atoms with Crippen LogP contribution in [0.25, 0.3) is 0 Å². The average molecular weight is 289 g/mol. The molecule has 2 unspecified atom stereocenters. The van der Waals surface area contributed by atoms with Crippen molar-refractivity contribution < 1.29 is 4.74 Å². The Morgan fingerprint density at radius 2 is 2.24 bits per heavy atom. The number of aryl methyl sites for hydroxylation is 1. The zero-order valence-electron chi connectivity index (χ0n) is 13.3. The van der Waals surface area contributed by atoms with Crippen LogP contribution in [-0.2, 0) is 11.3 Å². The largest absolute Gasteiger partial charge is 0.374 e. The Balaban J connectivity index is 1.88. The second kappa shape index (κ2) is 6.75. The molecule has 2 fully saturated rings. The van der Waals surface area contributed by atoms with E-state index in [0.29, 0.717) is 12.1 Å². The number of aromatic nitrogens is 1. The van der Waals surface area contributed by atoms with Crippen molar-refractivity contribution in [3.05, 3.63) is 23.5 Å². The summed E-state index contributed by atoms with van der Waals surface area (Å²) in [4.78, 5) is 7.09. The molecular weight excluding hydrogens is 262 g/mol. The standard InChI is InChI=1S/C17H27N3O/c1-3-18-11-14-12-19-13(2)10-16(14)20-8-9-21-17-7-5-4-6-15(17)20/h10,12,15,17-18H,3-9,11H2,1-2H3. The highest BCUT2D eigenvalue weighted by atomic mass is 16.5. The molecule has 21 heavy (non-hydrogen) atoms. The number of fused-ring (bicyclic) bond motifs is 1. The number of morpholine rings is 1. The summed E-state index contributed by atoms with van der Waals surface area (Å²) < 4.78 is 6.01. The van der Waals surface area contributed by atoms with E-state index in [1.54, 1.807) is 0 Å². The fraction of sp³-hybridized carbons (Fsp3) is 0.706. The van der Waals surface area contributed by atoms with Crippen LogP contribution in [0.5, 0.6) is 0 Å². The summed E-state index contributed by atoms with van der Waals surface area (Å²) in [5, 5.41) is 3.44. The Morgan fingerprint density at radius 3 is 3.10 bits per heavy atom. The Kier molecular flexibility index (Phi) is 4.76. The quantitative estimate of drug-likeness (QED) is 0.924. The molecule has 2 aliphatic rings. The highest BCUT2D eigenvalue weighted by Crippen LogP contribution is 2.33. The number of hydrogen-bond acceptors (Lipinski definition) is 4. The number of pyridine rings is 1. The predicted molar refractivity (Wildman–Crippen MR) is 85.7 cm³/mol. The normalized spacial score (nSPS) is 25.7. The molecule has 1 aliphatic carbocycles. The molecule has 1 aromatic rings. The molecule has 1 saturated carbocycles. The summed E-state index contributed by atoms with van der Waals surface area (Å²) in [6.07, 6.45) is 7.58. The van der Waals surface area contributed by atoms with Gasteiger partial charge in [-0.1, -0.05) is 19.8 Å². The number of ether oxygens (including phenoxy) is 1. The van der Waals surface area contributed by atoms with E-state index in [4.69, 9.17) is 4.74 Å². The molecule has 3 rings (SSSR count). The van der Waals surface area contributed by atoms with E-state index >= 15 is 0 Å². The maximum absolute atomic E-state index is 6.01. The first-order chi connectivity index (χ1) is 10.3. The summed E-state index contributed by atoms with van der Waals surface area (Å²) in [5.41, 5.74) is 3.78. The zero-order chi connectivity index (χ0) is 14.7. The van der Waals surface area contributed by atoms with Crippen LogP contribution in [0.15, 0.2) is 12.3 Å². The van der Waals surface area contributed by atoms with Crippen molar-refractivity contribution in [2.45, 2.75) is 58.2 Å². The smallest absolute Gasteiger partial charge is 0.0779 e. The van der Waals surface area contributed by atoms with Crippen molar-refractivity contribution in [2.75, 3.05) is 24.6 Å². The van der Waals surface area contributed by atoms with Crippen molar-refractivity contribution in [2.24, 2.45) is 0 Å². The van der Waals surface area contributed by atoms with Gasteiger partial charge in [-0.3, -0.25) is 4.98 Å². The molecule has 1 saturated heterocycles. The first-order valence-corrected chi connectivity index (χ1v) is 8.34. The van der Waals surface area contributed by atoms with Crippen molar-refractivity contribution in [1.29, 1.82) is 0 Å². The lowest BCUT2D eigenvalue weighted by molar-refractivity contribution is -0.00875. The van der Waals surface area contributed by atoms with E-state index in [0.717, 1.165) is 31.9 Å². The van der Waals surface area contributed by atoms with Gasteiger partial charge in [0.05, 0.1) is 18.8 Å². The number of rotatable bonds is 4.